The first-order valence-corrected chi connectivity index (χ1v) is 9.39. The fourth-order valence-electron chi connectivity index (χ4n) is 2.66. The molecule has 0 spiro atoms. The predicted molar refractivity (Wildman–Crippen MR) is 114 cm³/mol. The Morgan fingerprint density at radius 3 is 2.59 bits per heavy atom. The highest BCUT2D eigenvalue weighted by atomic mass is 16.5. The zero-order valence-electron chi connectivity index (χ0n) is 16.6. The molecule has 29 heavy (non-hydrogen) atoms. The van der Waals surface area contributed by atoms with Gasteiger partial charge in [0, 0.05) is 0 Å². The van der Waals surface area contributed by atoms with E-state index in [0.717, 1.165) is 28.0 Å². The van der Waals surface area contributed by atoms with Crippen molar-refractivity contribution in [1.82, 2.24) is 5.43 Å². The van der Waals surface area contributed by atoms with Crippen LogP contribution in [0.15, 0.2) is 77.9 Å². The Kier molecular flexibility index (Phi) is 7.00. The van der Waals surface area contributed by atoms with Gasteiger partial charge in [0.2, 0.25) is 0 Å². The lowest BCUT2D eigenvalue weighted by molar-refractivity contribution is -0.123. The minimum atomic E-state index is -0.321. The quantitative estimate of drug-likeness (QED) is 0.459. The van der Waals surface area contributed by atoms with Gasteiger partial charge in [-0.1, -0.05) is 54.6 Å². The molecule has 148 valence electrons. The highest BCUT2D eigenvalue weighted by molar-refractivity contribution is 5.83. The standard InChI is InChI=1S/C24H24N2O3/c1-18-8-6-13-23(19(18)2)29-17-24(27)26-25-15-21-11-7-12-22(14-21)28-16-20-9-4-3-5-10-20/h3-15H,16-17H2,1-2H3,(H,26,27)/b25-15-. The van der Waals surface area contributed by atoms with Crippen LogP contribution in [0.5, 0.6) is 11.5 Å². The molecule has 0 aromatic heterocycles. The lowest BCUT2D eigenvalue weighted by Crippen LogP contribution is -2.24. The average molecular weight is 388 g/mol. The van der Waals surface area contributed by atoms with Crippen LogP contribution in [0.3, 0.4) is 0 Å². The van der Waals surface area contributed by atoms with E-state index < -0.39 is 0 Å². The predicted octanol–water partition coefficient (Wildman–Crippen LogP) is 4.41. The third-order valence-electron chi connectivity index (χ3n) is 4.42. The van der Waals surface area contributed by atoms with Crippen LogP contribution >= 0.6 is 0 Å². The van der Waals surface area contributed by atoms with E-state index >= 15 is 0 Å². The Hall–Kier alpha value is -3.60. The number of benzene rings is 3. The second kappa shape index (κ2) is 10.1. The number of hydrogen-bond donors (Lipinski definition) is 1. The Bertz CT molecular complexity index is 984. The lowest BCUT2D eigenvalue weighted by Gasteiger charge is -2.09. The summed E-state index contributed by atoms with van der Waals surface area (Å²) in [6, 6.07) is 23.2. The van der Waals surface area contributed by atoms with Crippen LogP contribution < -0.4 is 14.9 Å². The van der Waals surface area contributed by atoms with Gasteiger partial charge in [0.25, 0.3) is 5.91 Å². The summed E-state index contributed by atoms with van der Waals surface area (Å²) in [7, 11) is 0. The molecule has 0 unspecified atom stereocenters. The summed E-state index contributed by atoms with van der Waals surface area (Å²) in [5.41, 5.74) is 6.55. The molecule has 1 amide bonds. The maximum atomic E-state index is 12.0. The fourth-order valence-corrected chi connectivity index (χ4v) is 2.66. The van der Waals surface area contributed by atoms with Crippen molar-refractivity contribution in [2.75, 3.05) is 6.61 Å². The van der Waals surface area contributed by atoms with Crippen molar-refractivity contribution in [3.63, 3.8) is 0 Å². The number of carbonyl (C=O) groups is 1. The summed E-state index contributed by atoms with van der Waals surface area (Å²) in [4.78, 5) is 12.0. The zero-order valence-corrected chi connectivity index (χ0v) is 16.6. The number of aryl methyl sites for hydroxylation is 1. The van der Waals surface area contributed by atoms with E-state index in [-0.39, 0.29) is 12.5 Å². The molecule has 0 bridgehead atoms. The van der Waals surface area contributed by atoms with Gasteiger partial charge in [-0.15, -0.1) is 0 Å². The molecular weight excluding hydrogens is 364 g/mol. The molecule has 0 aliphatic heterocycles. The molecule has 3 aromatic rings. The van der Waals surface area contributed by atoms with E-state index in [2.05, 4.69) is 10.5 Å². The summed E-state index contributed by atoms with van der Waals surface area (Å²) in [5, 5.41) is 3.99. The van der Waals surface area contributed by atoms with E-state index in [1.807, 2.05) is 86.6 Å². The van der Waals surface area contributed by atoms with Crippen molar-refractivity contribution in [2.45, 2.75) is 20.5 Å². The second-order valence-corrected chi connectivity index (χ2v) is 6.63. The van der Waals surface area contributed by atoms with Crippen molar-refractivity contribution < 1.29 is 14.3 Å². The molecule has 0 aliphatic carbocycles. The van der Waals surface area contributed by atoms with Crippen molar-refractivity contribution in [2.24, 2.45) is 5.10 Å². The van der Waals surface area contributed by atoms with Crippen LogP contribution in [-0.2, 0) is 11.4 Å². The normalized spacial score (nSPS) is 10.7. The molecule has 0 heterocycles. The Morgan fingerprint density at radius 1 is 0.966 bits per heavy atom. The van der Waals surface area contributed by atoms with E-state index in [4.69, 9.17) is 9.47 Å². The van der Waals surface area contributed by atoms with Crippen LogP contribution in [0, 0.1) is 13.8 Å². The number of carbonyl (C=O) groups excluding carboxylic acids is 1. The summed E-state index contributed by atoms with van der Waals surface area (Å²) in [6.45, 7) is 4.37. The van der Waals surface area contributed by atoms with Crippen LogP contribution in [0.1, 0.15) is 22.3 Å². The summed E-state index contributed by atoms with van der Waals surface area (Å²) < 4.78 is 11.4. The second-order valence-electron chi connectivity index (χ2n) is 6.63. The van der Waals surface area contributed by atoms with E-state index in [1.54, 1.807) is 6.21 Å². The van der Waals surface area contributed by atoms with Crippen molar-refractivity contribution >= 4 is 12.1 Å². The van der Waals surface area contributed by atoms with Gasteiger partial charge in [-0.25, -0.2) is 5.43 Å². The molecule has 3 rings (SSSR count). The highest BCUT2D eigenvalue weighted by Crippen LogP contribution is 2.20. The van der Waals surface area contributed by atoms with Crippen molar-refractivity contribution in [1.29, 1.82) is 0 Å². The maximum Gasteiger partial charge on any atom is 0.277 e. The topological polar surface area (TPSA) is 59.9 Å². The summed E-state index contributed by atoms with van der Waals surface area (Å²) in [6.07, 6.45) is 1.57. The summed E-state index contributed by atoms with van der Waals surface area (Å²) >= 11 is 0. The number of nitrogens with one attached hydrogen (secondary N) is 1. The SMILES string of the molecule is Cc1cccc(OCC(=O)N/N=C\c2cccc(OCc3ccccc3)c2)c1C. The number of ether oxygens (including phenoxy) is 2. The zero-order chi connectivity index (χ0) is 20.5. The molecule has 0 saturated carbocycles. The number of amides is 1. The Balaban J connectivity index is 1.48. The van der Waals surface area contributed by atoms with Crippen LogP contribution in [0.4, 0.5) is 0 Å². The highest BCUT2D eigenvalue weighted by Gasteiger charge is 2.05. The lowest BCUT2D eigenvalue weighted by atomic mass is 10.1. The van der Waals surface area contributed by atoms with E-state index in [0.29, 0.717) is 12.4 Å². The molecular formula is C24H24N2O3. The van der Waals surface area contributed by atoms with Crippen LogP contribution in [0.2, 0.25) is 0 Å². The van der Waals surface area contributed by atoms with Gasteiger partial charge < -0.3 is 9.47 Å². The molecule has 0 fully saturated rings. The monoisotopic (exact) mass is 388 g/mol. The molecule has 5 nitrogen and oxygen atoms in total. The fraction of sp³-hybridized carbons (Fsp3) is 0.167. The number of hydrazone groups is 1. The third kappa shape index (κ3) is 6.21. The number of rotatable bonds is 8. The Labute approximate surface area is 171 Å². The molecule has 3 aromatic carbocycles. The minimum Gasteiger partial charge on any atom is -0.489 e. The number of nitrogens with zero attached hydrogens (tertiary/aromatic N) is 1. The van der Waals surface area contributed by atoms with Gasteiger partial charge in [-0.3, -0.25) is 4.79 Å². The van der Waals surface area contributed by atoms with Gasteiger partial charge in [-0.05, 0) is 54.3 Å². The first-order valence-electron chi connectivity index (χ1n) is 9.39. The summed E-state index contributed by atoms with van der Waals surface area (Å²) in [5.74, 6) is 1.12. The average Bonchev–Trinajstić information content (AvgIpc) is 2.74. The third-order valence-corrected chi connectivity index (χ3v) is 4.42. The molecule has 0 atom stereocenters. The number of hydrogen-bond acceptors (Lipinski definition) is 4. The van der Waals surface area contributed by atoms with Crippen LogP contribution in [-0.4, -0.2) is 18.7 Å². The van der Waals surface area contributed by atoms with Gasteiger partial charge in [0.1, 0.15) is 18.1 Å². The Morgan fingerprint density at radius 2 is 1.76 bits per heavy atom. The first-order chi connectivity index (χ1) is 14.1. The van der Waals surface area contributed by atoms with E-state index in [9.17, 15) is 4.79 Å². The molecule has 5 heteroatoms. The maximum absolute atomic E-state index is 12.0. The smallest absolute Gasteiger partial charge is 0.277 e. The molecule has 1 N–H and O–H groups in total. The molecule has 0 radical (unpaired) electrons. The van der Waals surface area contributed by atoms with Crippen LogP contribution in [0.25, 0.3) is 0 Å². The van der Waals surface area contributed by atoms with Gasteiger partial charge in [-0.2, -0.15) is 5.10 Å². The molecule has 0 saturated heterocycles. The van der Waals surface area contributed by atoms with Gasteiger partial charge in [0.15, 0.2) is 6.61 Å². The van der Waals surface area contributed by atoms with Gasteiger partial charge >= 0.3 is 0 Å². The minimum absolute atomic E-state index is 0.0954. The van der Waals surface area contributed by atoms with Crippen molar-refractivity contribution in [3.8, 4) is 11.5 Å². The van der Waals surface area contributed by atoms with Crippen molar-refractivity contribution in [3.05, 3.63) is 95.1 Å². The first kappa shape index (κ1) is 20.1. The van der Waals surface area contributed by atoms with Gasteiger partial charge in [0.05, 0.1) is 6.21 Å². The molecule has 0 aliphatic rings. The largest absolute Gasteiger partial charge is 0.489 e. The van der Waals surface area contributed by atoms with E-state index in [1.165, 1.54) is 0 Å².